The minimum absolute atomic E-state index is 0.396. The highest BCUT2D eigenvalue weighted by molar-refractivity contribution is 6.33. The maximum absolute atomic E-state index is 11.3. The number of anilines is 2. The molecule has 0 saturated carbocycles. The standard InChI is InChI=1S/C12H15ClN2O2/c1-3-15(4-2)10-6-9-7(5-8(10)13)11(16)12(17)14-9/h5-6,11,16H,3-4H2,1-2H3,(H,14,17). The van der Waals surface area contributed by atoms with Crippen LogP contribution in [0.3, 0.4) is 0 Å². The number of halogens is 1. The topological polar surface area (TPSA) is 52.6 Å². The molecule has 0 saturated heterocycles. The number of fused-ring (bicyclic) bond motifs is 1. The number of hydrogen-bond donors (Lipinski definition) is 2. The molecule has 0 radical (unpaired) electrons. The first-order valence-corrected chi connectivity index (χ1v) is 6.03. The predicted molar refractivity (Wildman–Crippen MR) is 68.6 cm³/mol. The van der Waals surface area contributed by atoms with Crippen molar-refractivity contribution in [2.24, 2.45) is 0 Å². The highest BCUT2D eigenvalue weighted by Gasteiger charge is 2.29. The van der Waals surface area contributed by atoms with Crippen molar-refractivity contribution in [3.63, 3.8) is 0 Å². The van der Waals surface area contributed by atoms with Gasteiger partial charge in [-0.15, -0.1) is 0 Å². The smallest absolute Gasteiger partial charge is 0.257 e. The highest BCUT2D eigenvalue weighted by atomic mass is 35.5. The minimum Gasteiger partial charge on any atom is -0.378 e. The number of rotatable bonds is 3. The van der Waals surface area contributed by atoms with E-state index < -0.39 is 12.0 Å². The number of amides is 1. The lowest BCUT2D eigenvalue weighted by atomic mass is 10.1. The van der Waals surface area contributed by atoms with Gasteiger partial charge in [-0.2, -0.15) is 0 Å². The fourth-order valence-electron chi connectivity index (χ4n) is 2.06. The van der Waals surface area contributed by atoms with E-state index in [0.29, 0.717) is 16.3 Å². The molecule has 0 spiro atoms. The molecule has 2 rings (SSSR count). The lowest BCUT2D eigenvalue weighted by molar-refractivity contribution is -0.123. The molecule has 0 aliphatic carbocycles. The molecule has 5 heteroatoms. The van der Waals surface area contributed by atoms with Crippen molar-refractivity contribution in [2.75, 3.05) is 23.3 Å². The third-order valence-electron chi connectivity index (χ3n) is 3.02. The van der Waals surface area contributed by atoms with Crippen molar-refractivity contribution in [3.8, 4) is 0 Å². The summed E-state index contributed by atoms with van der Waals surface area (Å²) in [4.78, 5) is 13.4. The lowest BCUT2D eigenvalue weighted by Crippen LogP contribution is -2.22. The van der Waals surface area contributed by atoms with Crippen LogP contribution in [0.5, 0.6) is 0 Å². The highest BCUT2D eigenvalue weighted by Crippen LogP contribution is 2.38. The Kier molecular flexibility index (Phi) is 3.26. The number of benzene rings is 1. The Morgan fingerprint density at radius 3 is 2.65 bits per heavy atom. The van der Waals surface area contributed by atoms with Crippen LogP contribution >= 0.6 is 11.6 Å². The molecule has 1 aromatic rings. The van der Waals surface area contributed by atoms with Crippen LogP contribution in [0.1, 0.15) is 25.5 Å². The average Bonchev–Trinajstić information content (AvgIpc) is 2.58. The second-order valence-electron chi connectivity index (χ2n) is 3.95. The summed E-state index contributed by atoms with van der Waals surface area (Å²) in [5.41, 5.74) is 2.08. The van der Waals surface area contributed by atoms with Gasteiger partial charge in [0.2, 0.25) is 0 Å². The van der Waals surface area contributed by atoms with E-state index in [-0.39, 0.29) is 0 Å². The summed E-state index contributed by atoms with van der Waals surface area (Å²) in [5.74, 6) is -0.396. The molecule has 1 aliphatic heterocycles. The summed E-state index contributed by atoms with van der Waals surface area (Å²) in [6.45, 7) is 5.76. The first-order chi connectivity index (χ1) is 8.08. The second kappa shape index (κ2) is 4.55. The third kappa shape index (κ3) is 1.98. The zero-order chi connectivity index (χ0) is 12.6. The monoisotopic (exact) mass is 254 g/mol. The fourth-order valence-corrected chi connectivity index (χ4v) is 2.35. The summed E-state index contributed by atoms with van der Waals surface area (Å²) in [7, 11) is 0. The zero-order valence-electron chi connectivity index (χ0n) is 9.83. The van der Waals surface area contributed by atoms with Crippen LogP contribution in [-0.2, 0) is 4.79 Å². The Morgan fingerprint density at radius 2 is 2.06 bits per heavy atom. The Labute approximate surface area is 105 Å². The lowest BCUT2D eigenvalue weighted by Gasteiger charge is -2.23. The van der Waals surface area contributed by atoms with E-state index in [0.717, 1.165) is 18.8 Å². The van der Waals surface area contributed by atoms with E-state index in [4.69, 9.17) is 11.6 Å². The molecule has 92 valence electrons. The van der Waals surface area contributed by atoms with E-state index in [2.05, 4.69) is 10.2 Å². The van der Waals surface area contributed by atoms with Gasteiger partial charge in [-0.3, -0.25) is 4.79 Å². The van der Waals surface area contributed by atoms with E-state index in [1.807, 2.05) is 19.9 Å². The van der Waals surface area contributed by atoms with Crippen LogP contribution < -0.4 is 10.2 Å². The van der Waals surface area contributed by atoms with Crippen molar-refractivity contribution < 1.29 is 9.90 Å². The van der Waals surface area contributed by atoms with Crippen molar-refractivity contribution in [1.82, 2.24) is 0 Å². The first-order valence-electron chi connectivity index (χ1n) is 5.65. The summed E-state index contributed by atoms with van der Waals surface area (Å²) in [6, 6.07) is 3.48. The maximum atomic E-state index is 11.3. The van der Waals surface area contributed by atoms with Crippen LogP contribution in [0.15, 0.2) is 12.1 Å². The van der Waals surface area contributed by atoms with Crippen molar-refractivity contribution in [1.29, 1.82) is 0 Å². The maximum Gasteiger partial charge on any atom is 0.257 e. The number of aliphatic hydroxyl groups excluding tert-OH is 1. The third-order valence-corrected chi connectivity index (χ3v) is 3.33. The summed E-state index contributed by atoms with van der Waals surface area (Å²) < 4.78 is 0. The van der Waals surface area contributed by atoms with Gasteiger partial charge in [0.1, 0.15) is 0 Å². The molecule has 0 bridgehead atoms. The molecule has 1 aliphatic rings. The Hall–Kier alpha value is -1.26. The predicted octanol–water partition coefficient (Wildman–Crippen LogP) is 2.17. The number of carbonyl (C=O) groups is 1. The molecule has 0 aromatic heterocycles. The van der Waals surface area contributed by atoms with Crippen molar-refractivity contribution in [3.05, 3.63) is 22.7 Å². The van der Waals surface area contributed by atoms with Gasteiger partial charge < -0.3 is 15.3 Å². The number of nitrogens with zero attached hydrogens (tertiary/aromatic N) is 1. The van der Waals surface area contributed by atoms with Crippen molar-refractivity contribution >= 4 is 28.9 Å². The summed E-state index contributed by atoms with van der Waals surface area (Å²) in [5, 5.41) is 12.8. The van der Waals surface area contributed by atoms with Gasteiger partial charge in [-0.1, -0.05) is 11.6 Å². The van der Waals surface area contributed by atoms with Crippen LogP contribution in [-0.4, -0.2) is 24.1 Å². The van der Waals surface area contributed by atoms with E-state index in [1.54, 1.807) is 6.07 Å². The molecule has 1 atom stereocenters. The zero-order valence-corrected chi connectivity index (χ0v) is 10.6. The van der Waals surface area contributed by atoms with E-state index >= 15 is 0 Å². The minimum atomic E-state index is -1.10. The van der Waals surface area contributed by atoms with E-state index in [9.17, 15) is 9.90 Å². The van der Waals surface area contributed by atoms with Gasteiger partial charge >= 0.3 is 0 Å². The normalized spacial score (nSPS) is 17.9. The number of aliphatic hydroxyl groups is 1. The molecule has 1 aromatic carbocycles. The number of nitrogens with one attached hydrogen (secondary N) is 1. The average molecular weight is 255 g/mol. The molecule has 2 N–H and O–H groups in total. The second-order valence-corrected chi connectivity index (χ2v) is 4.36. The molecule has 1 unspecified atom stereocenters. The largest absolute Gasteiger partial charge is 0.378 e. The Bertz CT molecular complexity index is 458. The Balaban J connectivity index is 2.46. The first kappa shape index (κ1) is 12.2. The fraction of sp³-hybridized carbons (Fsp3) is 0.417. The molecule has 0 fully saturated rings. The quantitative estimate of drug-likeness (QED) is 0.869. The van der Waals surface area contributed by atoms with Gasteiger partial charge in [0.05, 0.1) is 10.7 Å². The van der Waals surface area contributed by atoms with Crippen LogP contribution in [0.4, 0.5) is 11.4 Å². The number of hydrogen-bond acceptors (Lipinski definition) is 3. The van der Waals surface area contributed by atoms with Gasteiger partial charge in [0.25, 0.3) is 5.91 Å². The summed E-state index contributed by atoms with van der Waals surface area (Å²) >= 11 is 6.18. The molecule has 1 heterocycles. The SMILES string of the molecule is CCN(CC)c1cc2c(cc1Cl)C(O)C(=O)N2. The van der Waals surface area contributed by atoms with Gasteiger partial charge in [0.15, 0.2) is 6.10 Å². The van der Waals surface area contributed by atoms with Crippen LogP contribution in [0.25, 0.3) is 0 Å². The molecule has 4 nitrogen and oxygen atoms in total. The van der Waals surface area contributed by atoms with E-state index in [1.165, 1.54) is 0 Å². The molecule has 17 heavy (non-hydrogen) atoms. The number of carbonyl (C=O) groups excluding carboxylic acids is 1. The van der Waals surface area contributed by atoms with Crippen molar-refractivity contribution in [2.45, 2.75) is 20.0 Å². The Morgan fingerprint density at radius 1 is 1.41 bits per heavy atom. The van der Waals surface area contributed by atoms with Gasteiger partial charge in [-0.05, 0) is 26.0 Å². The molecular weight excluding hydrogens is 240 g/mol. The van der Waals surface area contributed by atoms with Gasteiger partial charge in [-0.25, -0.2) is 0 Å². The summed E-state index contributed by atoms with van der Waals surface area (Å²) in [6.07, 6.45) is -1.10. The van der Waals surface area contributed by atoms with Crippen LogP contribution in [0.2, 0.25) is 5.02 Å². The molecule has 1 amide bonds. The molecular formula is C12H15ClN2O2. The van der Waals surface area contributed by atoms with Crippen LogP contribution in [0, 0.1) is 0 Å². The van der Waals surface area contributed by atoms with Gasteiger partial charge in [0, 0.05) is 24.3 Å².